The lowest BCUT2D eigenvalue weighted by Crippen LogP contribution is -2.39. The quantitative estimate of drug-likeness (QED) is 0.778. The molecule has 0 aromatic carbocycles. The van der Waals surface area contributed by atoms with Crippen LogP contribution in [0.15, 0.2) is 0 Å². The van der Waals surface area contributed by atoms with Crippen LogP contribution in [-0.2, 0) is 11.3 Å². The number of anilines is 1. The summed E-state index contributed by atoms with van der Waals surface area (Å²) < 4.78 is 5.03. The maximum Gasteiger partial charge on any atom is 0.244 e. The highest BCUT2D eigenvalue weighted by molar-refractivity contribution is 5.29. The smallest absolute Gasteiger partial charge is 0.244 e. The van der Waals surface area contributed by atoms with Crippen LogP contribution in [0.25, 0.3) is 0 Å². The Kier molecular flexibility index (Phi) is 4.33. The fraction of sp³-hybridized carbons (Fsp3) is 0.818. The van der Waals surface area contributed by atoms with Crippen molar-refractivity contribution in [3.05, 3.63) is 5.82 Å². The minimum atomic E-state index is 0.487. The van der Waals surface area contributed by atoms with Crippen molar-refractivity contribution in [2.24, 2.45) is 5.92 Å². The molecule has 1 unspecified atom stereocenters. The maximum absolute atomic E-state index is 5.03. The Hall–Kier alpha value is -1.14. The first-order valence-electron chi connectivity index (χ1n) is 6.13. The molecule has 2 heterocycles. The van der Waals surface area contributed by atoms with E-state index in [9.17, 15) is 0 Å². The summed E-state index contributed by atoms with van der Waals surface area (Å²) in [6.45, 7) is 3.63. The summed E-state index contributed by atoms with van der Waals surface area (Å²) in [5.41, 5.74) is 0. The monoisotopic (exact) mass is 239 g/mol. The molecule has 1 aliphatic rings. The molecule has 96 valence electrons. The lowest BCUT2D eigenvalue weighted by molar-refractivity contribution is 0.178. The van der Waals surface area contributed by atoms with Crippen LogP contribution in [0.1, 0.15) is 18.7 Å². The lowest BCUT2D eigenvalue weighted by atomic mass is 9.98. The first kappa shape index (κ1) is 12.3. The highest BCUT2D eigenvalue weighted by atomic mass is 16.5. The molecule has 0 amide bonds. The number of aromatic amines is 1. The Morgan fingerprint density at radius 1 is 1.59 bits per heavy atom. The number of hydrogen-bond donors (Lipinski definition) is 2. The fourth-order valence-corrected chi connectivity index (χ4v) is 2.33. The van der Waals surface area contributed by atoms with Gasteiger partial charge in [-0.2, -0.15) is 4.98 Å². The second kappa shape index (κ2) is 5.97. The molecular formula is C11H21N5O. The van der Waals surface area contributed by atoms with E-state index < -0.39 is 0 Å². The molecule has 0 bridgehead atoms. The van der Waals surface area contributed by atoms with Crippen LogP contribution < -0.4 is 10.2 Å². The second-order valence-corrected chi connectivity index (χ2v) is 4.53. The Morgan fingerprint density at radius 2 is 2.47 bits per heavy atom. The molecule has 1 aromatic rings. The molecule has 6 heteroatoms. The van der Waals surface area contributed by atoms with Crippen molar-refractivity contribution in [3.63, 3.8) is 0 Å². The van der Waals surface area contributed by atoms with Crippen molar-refractivity contribution in [1.29, 1.82) is 0 Å². The summed E-state index contributed by atoms with van der Waals surface area (Å²) in [5, 5.41) is 10.4. The van der Waals surface area contributed by atoms with Gasteiger partial charge in [0.05, 0.1) is 0 Å². The highest BCUT2D eigenvalue weighted by Gasteiger charge is 2.22. The molecular weight excluding hydrogens is 218 g/mol. The van der Waals surface area contributed by atoms with E-state index in [4.69, 9.17) is 4.74 Å². The molecule has 2 N–H and O–H groups in total. The molecule has 1 fully saturated rings. The van der Waals surface area contributed by atoms with E-state index >= 15 is 0 Å². The van der Waals surface area contributed by atoms with Gasteiger partial charge >= 0.3 is 0 Å². The summed E-state index contributed by atoms with van der Waals surface area (Å²) in [7, 11) is 3.66. The SMILES string of the molecule is CNCC1CCCN(c2n[nH]c(COC)n2)C1. The predicted molar refractivity (Wildman–Crippen MR) is 66.0 cm³/mol. The summed E-state index contributed by atoms with van der Waals surface area (Å²) in [4.78, 5) is 6.68. The van der Waals surface area contributed by atoms with Crippen LogP contribution in [0.4, 0.5) is 5.95 Å². The van der Waals surface area contributed by atoms with Gasteiger partial charge in [-0.1, -0.05) is 0 Å². The molecule has 0 spiro atoms. The zero-order valence-electron chi connectivity index (χ0n) is 10.6. The molecule has 2 rings (SSSR count). The second-order valence-electron chi connectivity index (χ2n) is 4.53. The van der Waals surface area contributed by atoms with E-state index in [1.54, 1.807) is 7.11 Å². The van der Waals surface area contributed by atoms with Gasteiger partial charge in [-0.15, -0.1) is 5.10 Å². The van der Waals surface area contributed by atoms with E-state index in [2.05, 4.69) is 25.4 Å². The van der Waals surface area contributed by atoms with Crippen LogP contribution in [-0.4, -0.2) is 49.0 Å². The van der Waals surface area contributed by atoms with Gasteiger partial charge in [0.25, 0.3) is 0 Å². The van der Waals surface area contributed by atoms with Gasteiger partial charge in [-0.3, -0.25) is 5.10 Å². The van der Waals surface area contributed by atoms with Crippen LogP contribution in [0.2, 0.25) is 0 Å². The van der Waals surface area contributed by atoms with E-state index in [1.165, 1.54) is 12.8 Å². The normalized spacial score (nSPS) is 20.8. The average molecular weight is 239 g/mol. The molecule has 1 saturated heterocycles. The first-order valence-corrected chi connectivity index (χ1v) is 6.13. The predicted octanol–water partition coefficient (Wildman–Crippen LogP) is 0.387. The van der Waals surface area contributed by atoms with Crippen molar-refractivity contribution < 1.29 is 4.74 Å². The first-order chi connectivity index (χ1) is 8.33. The zero-order chi connectivity index (χ0) is 12.1. The third-order valence-electron chi connectivity index (χ3n) is 3.10. The van der Waals surface area contributed by atoms with Crippen LogP contribution in [0, 0.1) is 5.92 Å². The Balaban J connectivity index is 1.95. The fourth-order valence-electron chi connectivity index (χ4n) is 2.33. The summed E-state index contributed by atoms with van der Waals surface area (Å²) in [5.74, 6) is 2.29. The Bertz CT molecular complexity index is 338. The number of ether oxygens (including phenoxy) is 1. The third kappa shape index (κ3) is 3.17. The number of H-pyrrole nitrogens is 1. The standard InChI is InChI=1S/C11H21N5O/c1-12-6-9-4-3-5-16(7-9)11-13-10(8-17-2)14-15-11/h9,12H,3-8H2,1-2H3,(H,13,14,15). The minimum Gasteiger partial charge on any atom is -0.377 e. The van der Waals surface area contributed by atoms with Gasteiger partial charge < -0.3 is 15.0 Å². The van der Waals surface area contributed by atoms with Gasteiger partial charge in [0.2, 0.25) is 5.95 Å². The molecule has 0 aliphatic carbocycles. The van der Waals surface area contributed by atoms with E-state index in [0.717, 1.165) is 31.4 Å². The average Bonchev–Trinajstić information content (AvgIpc) is 2.79. The lowest BCUT2D eigenvalue weighted by Gasteiger charge is -2.31. The molecule has 1 atom stereocenters. The van der Waals surface area contributed by atoms with E-state index in [1.807, 2.05) is 7.05 Å². The maximum atomic E-state index is 5.03. The summed E-state index contributed by atoms with van der Waals surface area (Å²) in [6.07, 6.45) is 2.49. The van der Waals surface area contributed by atoms with Gasteiger partial charge in [0.1, 0.15) is 6.61 Å². The van der Waals surface area contributed by atoms with Crippen molar-refractivity contribution in [2.45, 2.75) is 19.4 Å². The number of nitrogens with one attached hydrogen (secondary N) is 2. The number of nitrogens with zero attached hydrogens (tertiary/aromatic N) is 3. The number of hydrogen-bond acceptors (Lipinski definition) is 5. The van der Waals surface area contributed by atoms with Crippen LogP contribution >= 0.6 is 0 Å². The summed E-state index contributed by atoms with van der Waals surface area (Å²) >= 11 is 0. The minimum absolute atomic E-state index is 0.487. The Morgan fingerprint density at radius 3 is 3.24 bits per heavy atom. The van der Waals surface area contributed by atoms with Crippen molar-refractivity contribution in [2.75, 3.05) is 38.7 Å². The highest BCUT2D eigenvalue weighted by Crippen LogP contribution is 2.19. The van der Waals surface area contributed by atoms with E-state index in [-0.39, 0.29) is 0 Å². The van der Waals surface area contributed by atoms with Crippen LogP contribution in [0.5, 0.6) is 0 Å². The molecule has 17 heavy (non-hydrogen) atoms. The molecule has 1 aliphatic heterocycles. The zero-order valence-corrected chi connectivity index (χ0v) is 10.6. The van der Waals surface area contributed by atoms with Gasteiger partial charge in [-0.25, -0.2) is 0 Å². The topological polar surface area (TPSA) is 66.1 Å². The van der Waals surface area contributed by atoms with Crippen molar-refractivity contribution >= 4 is 5.95 Å². The number of piperidine rings is 1. The molecule has 6 nitrogen and oxygen atoms in total. The Labute approximate surface area is 102 Å². The van der Waals surface area contributed by atoms with Gasteiger partial charge in [0, 0.05) is 20.2 Å². The number of methoxy groups -OCH3 is 1. The van der Waals surface area contributed by atoms with Gasteiger partial charge in [0.15, 0.2) is 5.82 Å². The number of rotatable bonds is 5. The molecule has 0 saturated carbocycles. The largest absolute Gasteiger partial charge is 0.377 e. The third-order valence-corrected chi connectivity index (χ3v) is 3.10. The molecule has 1 aromatic heterocycles. The summed E-state index contributed by atoms with van der Waals surface area (Å²) in [6, 6.07) is 0. The van der Waals surface area contributed by atoms with Crippen molar-refractivity contribution in [1.82, 2.24) is 20.5 Å². The van der Waals surface area contributed by atoms with Crippen LogP contribution in [0.3, 0.4) is 0 Å². The van der Waals surface area contributed by atoms with Crippen molar-refractivity contribution in [3.8, 4) is 0 Å². The van der Waals surface area contributed by atoms with Gasteiger partial charge in [-0.05, 0) is 32.4 Å². The molecule has 0 radical (unpaired) electrons. The number of aromatic nitrogens is 3. The van der Waals surface area contributed by atoms with E-state index in [0.29, 0.717) is 12.5 Å².